The summed E-state index contributed by atoms with van der Waals surface area (Å²) in [4.78, 5) is 0. The molecule has 1 aliphatic rings. The summed E-state index contributed by atoms with van der Waals surface area (Å²) in [6.45, 7) is 2.93. The molecule has 1 atom stereocenters. The smallest absolute Gasteiger partial charge is 0.119 e. The predicted octanol–water partition coefficient (Wildman–Crippen LogP) is 2.94. The fourth-order valence-corrected chi connectivity index (χ4v) is 2.40. The fraction of sp³-hybridized carbons (Fsp3) is 0.600. The number of benzene rings is 1. The van der Waals surface area contributed by atoms with Gasteiger partial charge in [0.05, 0.1) is 0 Å². The zero-order chi connectivity index (χ0) is 12.1. The van der Waals surface area contributed by atoms with Crippen LogP contribution in [0.4, 0.5) is 0 Å². The second kappa shape index (κ2) is 6.06. The van der Waals surface area contributed by atoms with Crippen molar-refractivity contribution >= 4 is 0 Å². The van der Waals surface area contributed by atoms with Gasteiger partial charge in [-0.05, 0) is 62.4 Å². The minimum Gasteiger partial charge on any atom is -0.492 e. The molecule has 0 aromatic heterocycles. The predicted molar refractivity (Wildman–Crippen MR) is 71.7 cm³/mol. The maximum Gasteiger partial charge on any atom is 0.119 e. The van der Waals surface area contributed by atoms with E-state index >= 15 is 0 Å². The quantitative estimate of drug-likeness (QED) is 0.844. The Kier molecular flexibility index (Phi) is 4.43. The summed E-state index contributed by atoms with van der Waals surface area (Å²) >= 11 is 0. The van der Waals surface area contributed by atoms with Crippen LogP contribution in [0.3, 0.4) is 0 Å². The summed E-state index contributed by atoms with van der Waals surface area (Å²) < 4.78 is 5.85. The van der Waals surface area contributed by atoms with Crippen LogP contribution in [0.5, 0.6) is 5.75 Å². The van der Waals surface area contributed by atoms with Gasteiger partial charge in [0, 0.05) is 6.04 Å². The van der Waals surface area contributed by atoms with Crippen molar-refractivity contribution in [3.8, 4) is 5.75 Å². The molecule has 17 heavy (non-hydrogen) atoms. The molecule has 0 radical (unpaired) electrons. The first kappa shape index (κ1) is 12.4. The minimum atomic E-state index is 0.450. The normalized spacial score (nSPS) is 16.4. The van der Waals surface area contributed by atoms with Crippen LogP contribution in [-0.2, 0) is 12.8 Å². The Balaban J connectivity index is 1.97. The van der Waals surface area contributed by atoms with E-state index in [1.54, 1.807) is 0 Å². The Bertz CT molecular complexity index is 358. The summed E-state index contributed by atoms with van der Waals surface area (Å²) in [5.41, 5.74) is 3.01. The van der Waals surface area contributed by atoms with E-state index in [1.165, 1.54) is 36.8 Å². The molecule has 0 heterocycles. The highest BCUT2D eigenvalue weighted by Gasteiger charge is 2.10. The van der Waals surface area contributed by atoms with Crippen molar-refractivity contribution in [2.45, 2.75) is 45.1 Å². The first-order valence-electron chi connectivity index (χ1n) is 6.75. The van der Waals surface area contributed by atoms with Gasteiger partial charge in [-0.15, -0.1) is 0 Å². The van der Waals surface area contributed by atoms with Crippen LogP contribution >= 0.6 is 0 Å². The largest absolute Gasteiger partial charge is 0.492 e. The molecule has 2 rings (SSSR count). The topological polar surface area (TPSA) is 21.3 Å². The van der Waals surface area contributed by atoms with E-state index in [9.17, 15) is 0 Å². The van der Waals surface area contributed by atoms with Crippen molar-refractivity contribution < 1.29 is 4.74 Å². The van der Waals surface area contributed by atoms with Crippen LogP contribution in [0.15, 0.2) is 18.2 Å². The lowest BCUT2D eigenvalue weighted by Gasteiger charge is -2.18. The first-order valence-corrected chi connectivity index (χ1v) is 6.75. The molecule has 0 saturated heterocycles. The lowest BCUT2D eigenvalue weighted by atomic mass is 9.92. The Morgan fingerprint density at radius 2 is 2.00 bits per heavy atom. The molecular weight excluding hydrogens is 210 g/mol. The number of hydrogen-bond acceptors (Lipinski definition) is 2. The molecule has 0 saturated carbocycles. The van der Waals surface area contributed by atoms with Crippen LogP contribution in [0.25, 0.3) is 0 Å². The second-order valence-corrected chi connectivity index (χ2v) is 4.84. The molecule has 0 fully saturated rings. The van der Waals surface area contributed by atoms with Crippen molar-refractivity contribution in [3.63, 3.8) is 0 Å². The van der Waals surface area contributed by atoms with Gasteiger partial charge in [0.1, 0.15) is 12.4 Å². The van der Waals surface area contributed by atoms with Gasteiger partial charge >= 0.3 is 0 Å². The zero-order valence-electron chi connectivity index (χ0n) is 11.0. The summed E-state index contributed by atoms with van der Waals surface area (Å²) in [7, 11) is 1.99. The van der Waals surface area contributed by atoms with Crippen molar-refractivity contribution in [2.75, 3.05) is 13.7 Å². The van der Waals surface area contributed by atoms with Gasteiger partial charge in [-0.3, -0.25) is 0 Å². The summed E-state index contributed by atoms with van der Waals surface area (Å²) in [5.74, 6) is 1.03. The molecule has 1 aromatic carbocycles. The van der Waals surface area contributed by atoms with Crippen LogP contribution < -0.4 is 10.1 Å². The average Bonchev–Trinajstić information content (AvgIpc) is 2.40. The molecule has 94 valence electrons. The summed E-state index contributed by atoms with van der Waals surface area (Å²) in [6.07, 6.45) is 6.22. The number of likely N-dealkylation sites (N-methyl/N-ethyl adjacent to an activating group) is 1. The van der Waals surface area contributed by atoms with E-state index in [0.29, 0.717) is 6.04 Å². The fourth-order valence-electron chi connectivity index (χ4n) is 2.40. The maximum absolute atomic E-state index is 5.85. The van der Waals surface area contributed by atoms with E-state index < -0.39 is 0 Å². The van der Waals surface area contributed by atoms with Crippen LogP contribution in [-0.4, -0.2) is 19.7 Å². The van der Waals surface area contributed by atoms with Crippen molar-refractivity contribution in [1.82, 2.24) is 5.32 Å². The standard InChI is InChI=1S/C15H23NO/c1-3-14(16-2)11-17-15-9-8-12-6-4-5-7-13(12)10-15/h8-10,14,16H,3-7,11H2,1-2H3. The minimum absolute atomic E-state index is 0.450. The van der Waals surface area contributed by atoms with Crippen molar-refractivity contribution in [3.05, 3.63) is 29.3 Å². The monoisotopic (exact) mass is 233 g/mol. The highest BCUT2D eigenvalue weighted by Crippen LogP contribution is 2.25. The molecule has 2 heteroatoms. The van der Waals surface area contributed by atoms with Crippen molar-refractivity contribution in [2.24, 2.45) is 0 Å². The number of rotatable bonds is 5. The molecule has 0 bridgehead atoms. The van der Waals surface area contributed by atoms with Gasteiger partial charge in [-0.25, -0.2) is 0 Å². The Morgan fingerprint density at radius 1 is 1.24 bits per heavy atom. The third kappa shape index (κ3) is 3.22. The number of ether oxygens (including phenoxy) is 1. The second-order valence-electron chi connectivity index (χ2n) is 4.84. The first-order chi connectivity index (χ1) is 8.33. The number of fused-ring (bicyclic) bond motifs is 1. The van der Waals surface area contributed by atoms with Crippen LogP contribution in [0.1, 0.15) is 37.3 Å². The third-order valence-corrected chi connectivity index (χ3v) is 3.67. The van der Waals surface area contributed by atoms with Gasteiger partial charge in [-0.2, -0.15) is 0 Å². The van der Waals surface area contributed by atoms with Crippen LogP contribution in [0.2, 0.25) is 0 Å². The highest BCUT2D eigenvalue weighted by atomic mass is 16.5. The van der Waals surface area contributed by atoms with E-state index in [0.717, 1.165) is 18.8 Å². The zero-order valence-corrected chi connectivity index (χ0v) is 11.0. The Hall–Kier alpha value is -1.02. The van der Waals surface area contributed by atoms with E-state index in [1.807, 2.05) is 7.05 Å². The molecule has 0 aliphatic heterocycles. The van der Waals surface area contributed by atoms with Gasteiger partial charge in [0.2, 0.25) is 0 Å². The Morgan fingerprint density at radius 3 is 2.71 bits per heavy atom. The van der Waals surface area contributed by atoms with Crippen molar-refractivity contribution in [1.29, 1.82) is 0 Å². The molecule has 1 aromatic rings. The van der Waals surface area contributed by atoms with Gasteiger partial charge in [-0.1, -0.05) is 13.0 Å². The number of hydrogen-bond donors (Lipinski definition) is 1. The summed E-state index contributed by atoms with van der Waals surface area (Å²) in [6, 6.07) is 7.04. The van der Waals surface area contributed by atoms with E-state index in [-0.39, 0.29) is 0 Å². The average molecular weight is 233 g/mol. The molecular formula is C15H23NO. The summed E-state index contributed by atoms with van der Waals surface area (Å²) in [5, 5.41) is 3.26. The SMILES string of the molecule is CCC(COc1ccc2c(c1)CCCC2)NC. The maximum atomic E-state index is 5.85. The molecule has 1 unspecified atom stereocenters. The number of nitrogens with one attached hydrogen (secondary N) is 1. The molecule has 2 nitrogen and oxygen atoms in total. The highest BCUT2D eigenvalue weighted by molar-refractivity contribution is 5.37. The number of aryl methyl sites for hydroxylation is 2. The van der Waals surface area contributed by atoms with Gasteiger partial charge in [0.25, 0.3) is 0 Å². The van der Waals surface area contributed by atoms with Gasteiger partial charge in [0.15, 0.2) is 0 Å². The molecule has 0 amide bonds. The molecule has 1 N–H and O–H groups in total. The van der Waals surface area contributed by atoms with Gasteiger partial charge < -0.3 is 10.1 Å². The molecule has 1 aliphatic carbocycles. The van der Waals surface area contributed by atoms with Crippen LogP contribution in [0, 0.1) is 0 Å². The van der Waals surface area contributed by atoms with E-state index in [4.69, 9.17) is 4.74 Å². The Labute approximate surface area is 104 Å². The third-order valence-electron chi connectivity index (χ3n) is 3.67. The van der Waals surface area contributed by atoms with E-state index in [2.05, 4.69) is 30.4 Å². The lowest BCUT2D eigenvalue weighted by molar-refractivity contribution is 0.267. The molecule has 0 spiro atoms. The lowest BCUT2D eigenvalue weighted by Crippen LogP contribution is -2.30.